The first-order valence-corrected chi connectivity index (χ1v) is 24.0. The predicted molar refractivity (Wildman–Crippen MR) is 230 cm³/mol. The van der Waals surface area contributed by atoms with E-state index in [0.717, 1.165) is 73.8 Å². The quantitative estimate of drug-likeness (QED) is 0.215. The van der Waals surface area contributed by atoms with Gasteiger partial charge in [0.05, 0.1) is 52.8 Å². The molecule has 0 spiro atoms. The number of allylic oxidation sites excluding steroid dienone is 1. The number of fused-ring (bicyclic) bond motifs is 5. The minimum atomic E-state index is -3.96. The van der Waals surface area contributed by atoms with Gasteiger partial charge in [-0.1, -0.05) is 51.8 Å². The number of ketones is 1. The van der Waals surface area contributed by atoms with Crippen molar-refractivity contribution in [3.05, 3.63) is 42.5 Å². The van der Waals surface area contributed by atoms with Crippen molar-refractivity contribution >= 4 is 44.5 Å². The number of para-hydroxylation sites is 1. The third-order valence-electron chi connectivity index (χ3n) is 14.6. The fraction of sp³-hybridized carbons (Fsp3) is 0.681. The molecule has 6 aliphatic rings. The van der Waals surface area contributed by atoms with Crippen molar-refractivity contribution in [3.8, 4) is 11.6 Å². The molecule has 332 valence electrons. The lowest BCUT2D eigenvalue weighted by atomic mass is 9.77. The Morgan fingerprint density at radius 3 is 2.52 bits per heavy atom. The first-order valence-electron chi connectivity index (χ1n) is 22.5. The first kappa shape index (κ1) is 43.6. The number of sulfonamides is 1. The molecule has 1 aromatic carbocycles. The van der Waals surface area contributed by atoms with Crippen molar-refractivity contribution in [2.45, 2.75) is 134 Å². The maximum absolute atomic E-state index is 14.9. The summed E-state index contributed by atoms with van der Waals surface area (Å²) in [5, 5.41) is 0.910. The van der Waals surface area contributed by atoms with E-state index in [2.05, 4.69) is 23.2 Å². The van der Waals surface area contributed by atoms with E-state index in [9.17, 15) is 27.6 Å². The number of hydrogen-bond donors (Lipinski definition) is 1. The summed E-state index contributed by atoms with van der Waals surface area (Å²) < 4.78 is 47.3. The Morgan fingerprint density at radius 1 is 1.07 bits per heavy atom. The Labute approximate surface area is 360 Å². The van der Waals surface area contributed by atoms with Crippen molar-refractivity contribution in [1.29, 1.82) is 0 Å². The van der Waals surface area contributed by atoms with E-state index in [1.807, 2.05) is 45.0 Å². The predicted octanol–water partition coefficient (Wildman–Crippen LogP) is 6.16. The van der Waals surface area contributed by atoms with Gasteiger partial charge in [0.25, 0.3) is 0 Å². The third-order valence-corrected chi connectivity index (χ3v) is 16.8. The highest BCUT2D eigenvalue weighted by Crippen LogP contribution is 2.57. The van der Waals surface area contributed by atoms with Crippen LogP contribution in [0, 0.1) is 34.5 Å². The van der Waals surface area contributed by atoms with Crippen LogP contribution in [0.25, 0.3) is 10.9 Å². The van der Waals surface area contributed by atoms with Gasteiger partial charge in [-0.25, -0.2) is 13.4 Å². The van der Waals surface area contributed by atoms with Crippen molar-refractivity contribution in [3.63, 3.8) is 0 Å². The summed E-state index contributed by atoms with van der Waals surface area (Å²) in [6, 6.07) is 6.90. The molecule has 5 fully saturated rings. The number of nitrogens with one attached hydrogen (secondary N) is 1. The summed E-state index contributed by atoms with van der Waals surface area (Å²) in [6.07, 6.45) is 7.97. The molecule has 1 N–H and O–H groups in total. The van der Waals surface area contributed by atoms with Crippen molar-refractivity contribution < 1.29 is 41.8 Å². The smallest absolute Gasteiger partial charge is 0.306 e. The van der Waals surface area contributed by atoms with Crippen molar-refractivity contribution in [1.82, 2.24) is 19.5 Å². The lowest BCUT2D eigenvalue weighted by molar-refractivity contribution is -0.154. The van der Waals surface area contributed by atoms with Crippen LogP contribution >= 0.6 is 0 Å². The number of ether oxygens (including phenoxy) is 3. The number of esters is 1. The van der Waals surface area contributed by atoms with Crippen LogP contribution in [0.2, 0.25) is 0 Å². The van der Waals surface area contributed by atoms with E-state index in [4.69, 9.17) is 19.2 Å². The van der Waals surface area contributed by atoms with E-state index in [1.165, 1.54) is 4.90 Å². The average Bonchev–Trinajstić information content (AvgIpc) is 4.16. The zero-order chi connectivity index (χ0) is 43.5. The highest BCUT2D eigenvalue weighted by atomic mass is 32.2. The van der Waals surface area contributed by atoms with Gasteiger partial charge in [0.15, 0.2) is 5.78 Å². The number of hydrogen-bond acceptors (Lipinski definition) is 11. The van der Waals surface area contributed by atoms with Gasteiger partial charge in [-0.3, -0.25) is 23.9 Å². The Bertz CT molecular complexity index is 2180. The summed E-state index contributed by atoms with van der Waals surface area (Å²) in [5.74, 6) is -1.21. The number of Topliss-reactive ketones (excluding diaryl/α,β-unsaturated/α-hetero) is 1. The number of carbonyl (C=O) groups excluding carboxylic acids is 4. The Morgan fingerprint density at radius 2 is 1.84 bits per heavy atom. The SMILES string of the molecule is C=C[C@@H]1C[C@]1(CC(=O)[C@@H]1C[C@@H]2CN1C(=O)[C@H](C(C)(C)C)CC(=O)O[C@@H]1C[C@H]1CCCCCc1c(nc3ccccc3c1OCC1CCN(C)C1)O2)C(=O)NS(=O)(=O)C1(C)CC1. The monoisotopic (exact) mass is 860 g/mol. The largest absolute Gasteiger partial charge is 0.492 e. The van der Waals surface area contributed by atoms with Crippen LogP contribution in [0.1, 0.15) is 110 Å². The molecule has 2 aromatic rings. The van der Waals surface area contributed by atoms with Crippen LogP contribution in [0.5, 0.6) is 11.6 Å². The summed E-state index contributed by atoms with van der Waals surface area (Å²) in [4.78, 5) is 66.0. The number of pyridine rings is 1. The van der Waals surface area contributed by atoms with Crippen molar-refractivity contribution in [2.24, 2.45) is 34.5 Å². The standard InChI is InChI=1S/C47H64N4O9S/c1-7-31-24-47(31,44(55)49-61(56,57)46(5)18-19-46)25-38(52)37-22-32-27-51(37)43(54)35(45(2,3)4)23-40(53)60-39-21-30(39)13-9-8-10-15-34-41(58-28-29-17-20-50(6)26-29)33-14-11-12-16-36(33)48-42(34)59-32/h7,11-12,14,16,29-32,35,37,39H,1,8-10,13,15,17-28H2,2-6H3,(H,49,55)/t29?,30-,31-,32-,35-,37+,39-,47-/m1/s1. The van der Waals surface area contributed by atoms with Crippen LogP contribution in [0.4, 0.5) is 0 Å². The maximum Gasteiger partial charge on any atom is 0.306 e. The van der Waals surface area contributed by atoms with E-state index >= 15 is 0 Å². The molecule has 0 radical (unpaired) electrons. The number of benzene rings is 1. The van der Waals surface area contributed by atoms with Gasteiger partial charge in [-0.2, -0.15) is 0 Å². The van der Waals surface area contributed by atoms with Gasteiger partial charge in [-0.05, 0) is 101 Å². The van der Waals surface area contributed by atoms with Gasteiger partial charge in [0.2, 0.25) is 27.7 Å². The summed E-state index contributed by atoms with van der Waals surface area (Å²) in [5.41, 5.74) is -0.381. The topological polar surface area (TPSA) is 162 Å². The molecule has 13 nitrogen and oxygen atoms in total. The molecule has 1 aromatic heterocycles. The molecule has 4 heterocycles. The molecule has 14 heteroatoms. The number of amides is 2. The van der Waals surface area contributed by atoms with E-state index in [1.54, 1.807) is 13.0 Å². The van der Waals surface area contributed by atoms with Gasteiger partial charge < -0.3 is 24.0 Å². The number of rotatable bonds is 10. The second kappa shape index (κ2) is 16.6. The lowest BCUT2D eigenvalue weighted by Crippen LogP contribution is -2.49. The van der Waals surface area contributed by atoms with Gasteiger partial charge >= 0.3 is 5.97 Å². The average molecular weight is 861 g/mol. The van der Waals surface area contributed by atoms with Gasteiger partial charge in [0.1, 0.15) is 18.0 Å². The number of likely N-dealkylation sites (tertiary alicyclic amines) is 1. The van der Waals surface area contributed by atoms with Gasteiger partial charge in [0, 0.05) is 30.7 Å². The molecule has 2 amide bonds. The molecular weight excluding hydrogens is 797 g/mol. The molecule has 1 unspecified atom stereocenters. The van der Waals surface area contributed by atoms with Crippen molar-refractivity contribution in [2.75, 3.05) is 33.3 Å². The molecular formula is C47H64N4O9S. The Balaban J connectivity index is 1.14. The van der Waals surface area contributed by atoms with Crippen LogP contribution < -0.4 is 14.2 Å². The first-order chi connectivity index (χ1) is 28.9. The fourth-order valence-electron chi connectivity index (χ4n) is 9.94. The normalized spacial score (nSPS) is 31.8. The molecule has 3 aliphatic heterocycles. The highest BCUT2D eigenvalue weighted by molar-refractivity contribution is 7.91. The fourth-order valence-corrected chi connectivity index (χ4v) is 11.3. The van der Waals surface area contributed by atoms with Crippen LogP contribution in [0.15, 0.2) is 36.9 Å². The minimum Gasteiger partial charge on any atom is -0.492 e. The summed E-state index contributed by atoms with van der Waals surface area (Å²) >= 11 is 0. The molecule has 3 saturated carbocycles. The second-order valence-corrected chi connectivity index (χ2v) is 22.6. The van der Waals surface area contributed by atoms with Crippen LogP contribution in [0.3, 0.4) is 0 Å². The molecule has 2 bridgehead atoms. The second-order valence-electron chi connectivity index (χ2n) is 20.4. The number of carbonyl (C=O) groups is 4. The minimum absolute atomic E-state index is 0.0525. The maximum atomic E-state index is 14.9. The lowest BCUT2D eigenvalue weighted by Gasteiger charge is -2.34. The third kappa shape index (κ3) is 9.08. The van der Waals surface area contributed by atoms with Crippen LogP contribution in [-0.4, -0.2) is 103 Å². The van der Waals surface area contributed by atoms with Gasteiger partial charge in [-0.15, -0.1) is 6.58 Å². The van der Waals surface area contributed by atoms with E-state index in [0.29, 0.717) is 43.6 Å². The molecule has 61 heavy (non-hydrogen) atoms. The highest BCUT2D eigenvalue weighted by Gasteiger charge is 2.62. The zero-order valence-electron chi connectivity index (χ0n) is 36.6. The molecule has 8 rings (SSSR count). The van der Waals surface area contributed by atoms with E-state index < -0.39 is 61.5 Å². The molecule has 2 saturated heterocycles. The molecule has 3 aliphatic carbocycles. The number of nitrogens with zero attached hydrogens (tertiary/aromatic N) is 3. The zero-order valence-corrected chi connectivity index (χ0v) is 37.4. The summed E-state index contributed by atoms with van der Waals surface area (Å²) in [7, 11) is -1.83. The summed E-state index contributed by atoms with van der Waals surface area (Å²) in [6.45, 7) is 13.8. The Kier molecular flexibility index (Phi) is 11.9. The molecule has 8 atom stereocenters. The van der Waals surface area contributed by atoms with Crippen LogP contribution in [-0.2, 0) is 40.4 Å². The number of aromatic nitrogens is 1. The van der Waals surface area contributed by atoms with E-state index in [-0.39, 0.29) is 50.0 Å². The Hall–Kier alpha value is -4.04.